The van der Waals surface area contributed by atoms with Gasteiger partial charge in [0, 0.05) is 28.0 Å². The molecule has 2 aromatic heterocycles. The number of fused-ring (bicyclic) bond motifs is 1. The highest BCUT2D eigenvalue weighted by molar-refractivity contribution is 8.02. The van der Waals surface area contributed by atoms with Gasteiger partial charge in [-0.05, 0) is 42.7 Å². The molecule has 3 heterocycles. The Labute approximate surface area is 154 Å². The lowest BCUT2D eigenvalue weighted by atomic mass is 10.2. The number of aromatic nitrogens is 2. The van der Waals surface area contributed by atoms with Crippen LogP contribution < -0.4 is 11.1 Å². The number of rotatable bonds is 2. The SMILES string of the molecule is Cc1nc2cc(Cl)ccn2c1C1=CSCN1c1ccc(Cl)cc1.N. The predicted octanol–water partition coefficient (Wildman–Crippen LogP) is 5.62. The second-order valence-electron chi connectivity index (χ2n) is 5.32. The summed E-state index contributed by atoms with van der Waals surface area (Å²) in [6.45, 7) is 2.03. The molecule has 0 spiro atoms. The second-order valence-corrected chi connectivity index (χ2v) is 7.02. The highest BCUT2D eigenvalue weighted by Gasteiger charge is 2.24. The van der Waals surface area contributed by atoms with E-state index in [1.54, 1.807) is 11.8 Å². The van der Waals surface area contributed by atoms with Crippen LogP contribution in [0.15, 0.2) is 48.0 Å². The third kappa shape index (κ3) is 2.89. The van der Waals surface area contributed by atoms with Crippen molar-refractivity contribution in [3.05, 3.63) is 69.4 Å². The number of thioether (sulfide) groups is 1. The summed E-state index contributed by atoms with van der Waals surface area (Å²) in [5.74, 6) is 0.872. The molecule has 1 aliphatic heterocycles. The van der Waals surface area contributed by atoms with Crippen molar-refractivity contribution in [1.29, 1.82) is 0 Å². The largest absolute Gasteiger partial charge is 0.344 e. The molecule has 0 bridgehead atoms. The fraction of sp³-hybridized carbons (Fsp3) is 0.118. The first kappa shape index (κ1) is 17.2. The molecular weight excluding hydrogens is 363 g/mol. The van der Waals surface area contributed by atoms with Gasteiger partial charge >= 0.3 is 0 Å². The van der Waals surface area contributed by atoms with Gasteiger partial charge in [0.25, 0.3) is 0 Å². The molecule has 0 amide bonds. The van der Waals surface area contributed by atoms with Crippen molar-refractivity contribution >= 4 is 52.0 Å². The Morgan fingerprint density at radius 3 is 2.58 bits per heavy atom. The van der Waals surface area contributed by atoms with Crippen LogP contribution in [-0.4, -0.2) is 15.3 Å². The Morgan fingerprint density at radius 2 is 1.83 bits per heavy atom. The van der Waals surface area contributed by atoms with E-state index in [2.05, 4.69) is 19.7 Å². The number of hydrogen-bond donors (Lipinski definition) is 1. The quantitative estimate of drug-likeness (QED) is 0.628. The summed E-state index contributed by atoms with van der Waals surface area (Å²) in [5.41, 5.74) is 5.20. The van der Waals surface area contributed by atoms with Crippen molar-refractivity contribution in [2.75, 3.05) is 10.8 Å². The van der Waals surface area contributed by atoms with E-state index >= 15 is 0 Å². The van der Waals surface area contributed by atoms with Crippen molar-refractivity contribution in [3.63, 3.8) is 0 Å². The Bertz CT molecular complexity index is 918. The van der Waals surface area contributed by atoms with Crippen molar-refractivity contribution < 1.29 is 0 Å². The molecule has 124 valence electrons. The van der Waals surface area contributed by atoms with Crippen LogP contribution in [0.1, 0.15) is 11.4 Å². The molecule has 0 atom stereocenters. The van der Waals surface area contributed by atoms with E-state index in [0.29, 0.717) is 5.02 Å². The van der Waals surface area contributed by atoms with Crippen LogP contribution in [-0.2, 0) is 0 Å². The van der Waals surface area contributed by atoms with E-state index < -0.39 is 0 Å². The van der Waals surface area contributed by atoms with Crippen molar-refractivity contribution in [2.24, 2.45) is 0 Å². The Balaban J connectivity index is 0.00000169. The van der Waals surface area contributed by atoms with Crippen molar-refractivity contribution in [2.45, 2.75) is 6.92 Å². The van der Waals surface area contributed by atoms with E-state index in [0.717, 1.165) is 39.3 Å². The molecule has 3 N–H and O–H groups in total. The molecule has 4 nitrogen and oxygen atoms in total. The highest BCUT2D eigenvalue weighted by Crippen LogP contribution is 2.37. The fourth-order valence-corrected chi connectivity index (χ4v) is 3.98. The number of benzene rings is 1. The average molecular weight is 379 g/mol. The summed E-state index contributed by atoms with van der Waals surface area (Å²) in [4.78, 5) is 6.91. The van der Waals surface area contributed by atoms with Crippen LogP contribution in [0.5, 0.6) is 0 Å². The topological polar surface area (TPSA) is 55.5 Å². The van der Waals surface area contributed by atoms with Crippen LogP contribution in [0.3, 0.4) is 0 Å². The maximum Gasteiger partial charge on any atom is 0.139 e. The maximum absolute atomic E-state index is 6.08. The van der Waals surface area contributed by atoms with Gasteiger partial charge in [-0.15, -0.1) is 11.8 Å². The molecule has 24 heavy (non-hydrogen) atoms. The summed E-state index contributed by atoms with van der Waals surface area (Å²) < 4.78 is 2.09. The third-order valence-corrected chi connectivity index (χ3v) is 5.12. The lowest BCUT2D eigenvalue weighted by molar-refractivity contribution is 1.10. The third-order valence-electron chi connectivity index (χ3n) is 3.83. The van der Waals surface area contributed by atoms with E-state index in [9.17, 15) is 0 Å². The van der Waals surface area contributed by atoms with Gasteiger partial charge in [-0.3, -0.25) is 4.40 Å². The molecule has 1 aromatic carbocycles. The van der Waals surface area contributed by atoms with E-state index in [-0.39, 0.29) is 6.15 Å². The zero-order valence-corrected chi connectivity index (χ0v) is 15.4. The lowest BCUT2D eigenvalue weighted by Crippen LogP contribution is -2.18. The first-order valence-corrected chi connectivity index (χ1v) is 8.93. The Morgan fingerprint density at radius 1 is 1.08 bits per heavy atom. The van der Waals surface area contributed by atoms with Crippen LogP contribution >= 0.6 is 35.0 Å². The molecule has 1 aliphatic rings. The molecule has 0 radical (unpaired) electrons. The summed E-state index contributed by atoms with van der Waals surface area (Å²) >= 11 is 13.9. The number of hydrogen-bond acceptors (Lipinski definition) is 4. The molecule has 0 unspecified atom stereocenters. The van der Waals surface area contributed by atoms with Gasteiger partial charge in [0.2, 0.25) is 0 Å². The molecule has 0 aliphatic carbocycles. The number of pyridine rings is 1. The minimum atomic E-state index is 0. The lowest BCUT2D eigenvalue weighted by Gasteiger charge is -2.22. The zero-order chi connectivity index (χ0) is 16.0. The summed E-state index contributed by atoms with van der Waals surface area (Å²) in [6.07, 6.45) is 1.97. The minimum absolute atomic E-state index is 0. The summed E-state index contributed by atoms with van der Waals surface area (Å²) in [7, 11) is 0. The van der Waals surface area contributed by atoms with E-state index in [1.807, 2.05) is 49.5 Å². The monoisotopic (exact) mass is 378 g/mol. The van der Waals surface area contributed by atoms with Gasteiger partial charge in [-0.2, -0.15) is 0 Å². The number of imidazole rings is 1. The average Bonchev–Trinajstić information content (AvgIpc) is 3.10. The number of nitrogens with zero attached hydrogens (tertiary/aromatic N) is 3. The van der Waals surface area contributed by atoms with Crippen LogP contribution in [0.4, 0.5) is 5.69 Å². The normalized spacial score (nSPS) is 14.0. The Kier molecular flexibility index (Phi) is 4.78. The maximum atomic E-state index is 6.08. The van der Waals surface area contributed by atoms with Gasteiger partial charge in [-0.25, -0.2) is 4.98 Å². The Hall–Kier alpha value is -1.66. The van der Waals surface area contributed by atoms with Crippen LogP contribution in [0, 0.1) is 6.92 Å². The number of anilines is 1. The molecule has 0 fully saturated rings. The van der Waals surface area contributed by atoms with Crippen LogP contribution in [0.25, 0.3) is 11.3 Å². The van der Waals surface area contributed by atoms with Crippen molar-refractivity contribution in [3.8, 4) is 0 Å². The molecule has 0 saturated heterocycles. The van der Waals surface area contributed by atoms with E-state index in [1.165, 1.54) is 0 Å². The van der Waals surface area contributed by atoms with Crippen molar-refractivity contribution in [1.82, 2.24) is 15.5 Å². The molecule has 7 heteroatoms. The van der Waals surface area contributed by atoms with E-state index in [4.69, 9.17) is 23.2 Å². The first-order chi connectivity index (χ1) is 11.1. The minimum Gasteiger partial charge on any atom is -0.344 e. The smallest absolute Gasteiger partial charge is 0.139 e. The van der Waals surface area contributed by atoms with Crippen LogP contribution in [0.2, 0.25) is 10.0 Å². The molecular formula is C17H16Cl2N4S. The molecule has 0 saturated carbocycles. The van der Waals surface area contributed by atoms with Gasteiger partial charge in [0.05, 0.1) is 23.0 Å². The van der Waals surface area contributed by atoms with Gasteiger partial charge in [0.15, 0.2) is 0 Å². The number of halogens is 2. The molecule has 3 aromatic rings. The summed E-state index contributed by atoms with van der Waals surface area (Å²) in [5, 5.41) is 3.62. The summed E-state index contributed by atoms with van der Waals surface area (Å²) in [6, 6.07) is 11.7. The standard InChI is InChI=1S/C17H13Cl2N3S.H3N/c1-11-17(21-7-6-13(19)8-16(21)20-11)15-9-23-10-22(15)14-4-2-12(18)3-5-14;/h2-9H,10H2,1H3;1H3. The first-order valence-electron chi connectivity index (χ1n) is 7.13. The highest BCUT2D eigenvalue weighted by atomic mass is 35.5. The van der Waals surface area contributed by atoms with Gasteiger partial charge in [0.1, 0.15) is 5.65 Å². The molecule has 4 rings (SSSR count). The fourth-order valence-electron chi connectivity index (χ4n) is 2.79. The second kappa shape index (κ2) is 6.69. The number of aryl methyl sites for hydroxylation is 1. The van der Waals surface area contributed by atoms with Gasteiger partial charge < -0.3 is 11.1 Å². The van der Waals surface area contributed by atoms with Gasteiger partial charge in [-0.1, -0.05) is 23.2 Å². The zero-order valence-electron chi connectivity index (χ0n) is 13.0. The predicted molar refractivity (Wildman–Crippen MR) is 104 cm³/mol.